The number of rotatable bonds is 2. The van der Waals surface area contributed by atoms with Crippen LogP contribution in [0.1, 0.15) is 11.9 Å². The number of halogens is 1. The maximum atomic E-state index is 10.5. The fourth-order valence-electron chi connectivity index (χ4n) is 2.52. The number of nitrogens with zero attached hydrogens (tertiary/aromatic N) is 3. The van der Waals surface area contributed by atoms with Gasteiger partial charge < -0.3 is 25.4 Å². The van der Waals surface area contributed by atoms with E-state index in [4.69, 9.17) is 28.5 Å². The van der Waals surface area contributed by atoms with Crippen molar-refractivity contribution < 1.29 is 20.1 Å². The lowest BCUT2D eigenvalue weighted by Crippen LogP contribution is -2.47. The van der Waals surface area contributed by atoms with Gasteiger partial charge in [0.2, 0.25) is 5.12 Å². The first-order valence-corrected chi connectivity index (χ1v) is 6.72. The second kappa shape index (κ2) is 4.92. The molecule has 0 spiro atoms. The average molecular weight is 328 g/mol. The number of fused-ring (bicyclic) bond motifs is 1. The Morgan fingerprint density at radius 3 is 3.00 bits per heavy atom. The van der Waals surface area contributed by atoms with Crippen LogP contribution in [-0.2, 0) is 9.86 Å². The van der Waals surface area contributed by atoms with Gasteiger partial charge in [0.1, 0.15) is 17.9 Å². The number of aliphatic hydroxyl groups is 3. The first-order valence-electron chi connectivity index (χ1n) is 6.35. The molecule has 1 unspecified atom stereocenters. The highest BCUT2D eigenvalue weighted by Gasteiger charge is 2.56. The molecule has 2 aliphatic rings. The van der Waals surface area contributed by atoms with Crippen molar-refractivity contribution in [3.63, 3.8) is 0 Å². The molecule has 118 valence electrons. The summed E-state index contributed by atoms with van der Waals surface area (Å²) in [7, 11) is 0. The van der Waals surface area contributed by atoms with Crippen molar-refractivity contribution >= 4 is 23.8 Å². The van der Waals surface area contributed by atoms with Gasteiger partial charge in [-0.2, -0.15) is 0 Å². The van der Waals surface area contributed by atoms with Crippen molar-refractivity contribution in [2.24, 2.45) is 10.7 Å². The van der Waals surface area contributed by atoms with Crippen molar-refractivity contribution in [2.75, 3.05) is 6.61 Å². The van der Waals surface area contributed by atoms with Gasteiger partial charge in [-0.1, -0.05) is 17.5 Å². The van der Waals surface area contributed by atoms with Crippen LogP contribution < -0.4 is 11.1 Å². The summed E-state index contributed by atoms with van der Waals surface area (Å²) in [4.78, 5) is 8.12. The Kier molecular flexibility index (Phi) is 3.41. The highest BCUT2D eigenvalue weighted by atomic mass is 35.5. The van der Waals surface area contributed by atoms with Gasteiger partial charge in [0.25, 0.3) is 0 Å². The summed E-state index contributed by atoms with van der Waals surface area (Å²) in [5.74, 6) is 2.33. The number of alkyl halides is 1. The third-order valence-electron chi connectivity index (χ3n) is 3.72. The molecule has 0 aliphatic carbocycles. The van der Waals surface area contributed by atoms with Gasteiger partial charge in [-0.15, -0.1) is 6.42 Å². The number of hydrogen-bond acceptors (Lipinski definition) is 8. The molecule has 10 heteroatoms. The van der Waals surface area contributed by atoms with E-state index in [-0.39, 0.29) is 11.5 Å². The Bertz CT molecular complexity index is 669. The molecular weight excluding hydrogens is 314 g/mol. The molecule has 22 heavy (non-hydrogen) atoms. The quantitative estimate of drug-likeness (QED) is 0.242. The number of hydrogen-bond donors (Lipinski definition) is 5. The first kappa shape index (κ1) is 15.2. The highest BCUT2D eigenvalue weighted by Crippen LogP contribution is 2.42. The minimum atomic E-state index is -2.06. The van der Waals surface area contributed by atoms with E-state index in [1.165, 1.54) is 17.2 Å². The number of aliphatic hydroxyl groups excluding tert-OH is 2. The zero-order valence-electron chi connectivity index (χ0n) is 11.2. The monoisotopic (exact) mass is 327 g/mol. The standard InChI is InChI=1S/C12H14ClN5O4/c1-2-11(21)8(20)6(3-19)22-10(11)18-5-16-7-9(18)15-4-17-12(7,13)14/h1,4-6,8,10,19-21H,3,14H2,(H,15,17)/t6-,8-,10-,11-,12?/m1/s1. The zero-order valence-corrected chi connectivity index (χ0v) is 12.0. The molecule has 1 aromatic rings. The second-order valence-corrected chi connectivity index (χ2v) is 5.66. The number of nitrogens with one attached hydrogen (secondary N) is 1. The molecule has 5 atom stereocenters. The van der Waals surface area contributed by atoms with Gasteiger partial charge in [0, 0.05) is 0 Å². The smallest absolute Gasteiger partial charge is 0.212 e. The van der Waals surface area contributed by atoms with Crippen molar-refractivity contribution in [1.82, 2.24) is 14.9 Å². The van der Waals surface area contributed by atoms with Gasteiger partial charge in [-0.3, -0.25) is 10.3 Å². The number of nitrogens with two attached hydrogens (primary N) is 1. The highest BCUT2D eigenvalue weighted by molar-refractivity contribution is 6.24. The number of imidazole rings is 1. The predicted molar refractivity (Wildman–Crippen MR) is 76.0 cm³/mol. The van der Waals surface area contributed by atoms with Crippen molar-refractivity contribution in [2.45, 2.75) is 29.2 Å². The number of aromatic nitrogens is 2. The SMILES string of the molecule is C#C[C@@]1(O)[C@H](O)[C@@H](CO)O[C@H]1n1cnc2c1N=CNC2(N)Cl. The van der Waals surface area contributed by atoms with Crippen molar-refractivity contribution in [3.05, 3.63) is 12.0 Å². The van der Waals surface area contributed by atoms with Gasteiger partial charge in [0.15, 0.2) is 17.6 Å². The average Bonchev–Trinajstić information content (AvgIpc) is 3.01. The van der Waals surface area contributed by atoms with E-state index in [1.807, 2.05) is 0 Å². The molecule has 3 rings (SSSR count). The van der Waals surface area contributed by atoms with Crippen LogP contribution in [0.4, 0.5) is 5.82 Å². The van der Waals surface area contributed by atoms with Crippen molar-refractivity contribution in [3.8, 4) is 12.3 Å². The summed E-state index contributed by atoms with van der Waals surface area (Å²) in [5, 5.41) is 31.0. The molecule has 0 aromatic carbocycles. The van der Waals surface area contributed by atoms with E-state index in [9.17, 15) is 15.3 Å². The van der Waals surface area contributed by atoms with E-state index in [0.717, 1.165) is 0 Å². The van der Waals surface area contributed by atoms with Crippen LogP contribution in [0.2, 0.25) is 0 Å². The van der Waals surface area contributed by atoms with E-state index >= 15 is 0 Å². The largest absolute Gasteiger partial charge is 0.394 e. The summed E-state index contributed by atoms with van der Waals surface area (Å²) in [5.41, 5.74) is 3.98. The normalized spacial score (nSPS) is 40.1. The molecule has 6 N–H and O–H groups in total. The first-order chi connectivity index (χ1) is 10.3. The summed E-state index contributed by atoms with van der Waals surface area (Å²) in [6, 6.07) is 0. The predicted octanol–water partition coefficient (Wildman–Crippen LogP) is -1.93. The summed E-state index contributed by atoms with van der Waals surface area (Å²) < 4.78 is 6.78. The molecule has 0 amide bonds. The molecular formula is C12H14ClN5O4. The van der Waals surface area contributed by atoms with Crippen LogP contribution >= 0.6 is 11.6 Å². The minimum Gasteiger partial charge on any atom is -0.394 e. The molecule has 3 heterocycles. The van der Waals surface area contributed by atoms with E-state index < -0.39 is 35.8 Å². The third-order valence-corrected chi connectivity index (χ3v) is 4.01. The van der Waals surface area contributed by atoms with E-state index in [2.05, 4.69) is 21.2 Å². The fraction of sp³-hybridized carbons (Fsp3) is 0.500. The van der Waals surface area contributed by atoms with Gasteiger partial charge in [-0.05, 0) is 0 Å². The molecule has 9 nitrogen and oxygen atoms in total. The van der Waals surface area contributed by atoms with Crippen LogP contribution in [0.5, 0.6) is 0 Å². The number of terminal acetylenes is 1. The fourth-order valence-corrected chi connectivity index (χ4v) is 2.70. The van der Waals surface area contributed by atoms with Crippen LogP contribution in [0, 0.1) is 12.3 Å². The molecule has 0 saturated carbocycles. The third kappa shape index (κ3) is 1.94. The maximum absolute atomic E-state index is 10.5. The lowest BCUT2D eigenvalue weighted by atomic mass is 9.95. The molecule has 1 aromatic heterocycles. The van der Waals surface area contributed by atoms with Crippen molar-refractivity contribution in [1.29, 1.82) is 0 Å². The Labute approximate surface area is 130 Å². The van der Waals surface area contributed by atoms with Crippen LogP contribution in [0.25, 0.3) is 0 Å². The second-order valence-electron chi connectivity index (χ2n) is 5.06. The molecule has 0 bridgehead atoms. The molecule has 1 fully saturated rings. The Hall–Kier alpha value is -1.67. The number of ether oxygens (including phenoxy) is 1. The van der Waals surface area contributed by atoms with Gasteiger partial charge in [-0.25, -0.2) is 9.98 Å². The number of aliphatic imine (C=N–C) groups is 1. The Morgan fingerprint density at radius 2 is 2.36 bits per heavy atom. The maximum Gasteiger partial charge on any atom is 0.212 e. The van der Waals surface area contributed by atoms with Gasteiger partial charge in [0.05, 0.1) is 19.3 Å². The van der Waals surface area contributed by atoms with E-state index in [0.29, 0.717) is 0 Å². The summed E-state index contributed by atoms with van der Waals surface area (Å²) in [6.45, 7) is -0.514. The molecule has 0 radical (unpaired) electrons. The summed E-state index contributed by atoms with van der Waals surface area (Å²) >= 11 is 6.08. The minimum absolute atomic E-state index is 0.210. The van der Waals surface area contributed by atoms with E-state index in [1.54, 1.807) is 0 Å². The Morgan fingerprint density at radius 1 is 1.64 bits per heavy atom. The van der Waals surface area contributed by atoms with Crippen LogP contribution in [0.3, 0.4) is 0 Å². The summed E-state index contributed by atoms with van der Waals surface area (Å²) in [6.07, 6.45) is 4.18. The van der Waals surface area contributed by atoms with Gasteiger partial charge >= 0.3 is 0 Å². The lowest BCUT2D eigenvalue weighted by molar-refractivity contribution is -0.0731. The van der Waals surface area contributed by atoms with Crippen LogP contribution in [0.15, 0.2) is 11.3 Å². The lowest BCUT2D eigenvalue weighted by Gasteiger charge is -2.28. The Balaban J connectivity index is 2.08. The molecule has 2 aliphatic heterocycles. The van der Waals surface area contributed by atoms with Crippen LogP contribution in [-0.4, -0.2) is 55.6 Å². The zero-order chi connectivity index (χ0) is 16.1. The topological polar surface area (TPSA) is 138 Å². The molecule has 1 saturated heterocycles.